The lowest BCUT2D eigenvalue weighted by Gasteiger charge is -2.30. The molecule has 0 spiro atoms. The van der Waals surface area contributed by atoms with E-state index in [2.05, 4.69) is 18.8 Å². The number of benzene rings is 1. The van der Waals surface area contributed by atoms with E-state index in [1.165, 1.54) is 31.7 Å². The fourth-order valence-corrected chi connectivity index (χ4v) is 4.60. The molecular weight excluding hydrogens is 352 g/mol. The molecule has 2 rings (SSSR count). The number of nitrogens with one attached hydrogen (secondary N) is 1. The number of methoxy groups -OCH3 is 1. The maximum atomic E-state index is 12.9. The summed E-state index contributed by atoms with van der Waals surface area (Å²) in [7, 11) is -2.27. The second-order valence-corrected chi connectivity index (χ2v) is 8.64. The predicted octanol–water partition coefficient (Wildman–Crippen LogP) is 2.57. The van der Waals surface area contributed by atoms with E-state index in [9.17, 15) is 13.2 Å². The zero-order valence-electron chi connectivity index (χ0n) is 15.5. The Bertz CT molecular complexity index is 716. The van der Waals surface area contributed by atoms with Crippen LogP contribution < -0.4 is 10.1 Å². The Morgan fingerprint density at radius 2 is 1.96 bits per heavy atom. The van der Waals surface area contributed by atoms with Crippen LogP contribution in [0, 0.1) is 5.92 Å². The Morgan fingerprint density at radius 1 is 1.31 bits per heavy atom. The molecule has 1 saturated carbocycles. The topological polar surface area (TPSA) is 75.7 Å². The van der Waals surface area contributed by atoms with Crippen LogP contribution in [0.3, 0.4) is 0 Å². The molecule has 0 heterocycles. The van der Waals surface area contributed by atoms with Crippen LogP contribution in [0.15, 0.2) is 41.8 Å². The van der Waals surface area contributed by atoms with Gasteiger partial charge in [-0.3, -0.25) is 4.79 Å². The molecule has 0 radical (unpaired) electrons. The Hall–Kier alpha value is -1.86. The van der Waals surface area contributed by atoms with Gasteiger partial charge in [0.05, 0.1) is 18.6 Å². The average Bonchev–Trinajstić information content (AvgIpc) is 2.63. The summed E-state index contributed by atoms with van der Waals surface area (Å²) in [6, 6.07) is 6.24. The molecular formula is C19H28N2O4S. The molecule has 1 aliphatic carbocycles. The van der Waals surface area contributed by atoms with Gasteiger partial charge in [-0.05, 0) is 43.0 Å². The van der Waals surface area contributed by atoms with Gasteiger partial charge < -0.3 is 10.1 Å². The van der Waals surface area contributed by atoms with E-state index < -0.39 is 10.0 Å². The highest BCUT2D eigenvalue weighted by atomic mass is 32.2. The second kappa shape index (κ2) is 9.19. The first kappa shape index (κ1) is 20.5. The van der Waals surface area contributed by atoms with Gasteiger partial charge >= 0.3 is 0 Å². The van der Waals surface area contributed by atoms with Gasteiger partial charge in [-0.2, -0.15) is 4.31 Å². The molecule has 144 valence electrons. The van der Waals surface area contributed by atoms with E-state index in [1.807, 2.05) is 0 Å². The van der Waals surface area contributed by atoms with Crippen molar-refractivity contribution in [1.82, 2.24) is 9.62 Å². The zero-order valence-corrected chi connectivity index (χ0v) is 16.3. The lowest BCUT2D eigenvalue weighted by molar-refractivity contribution is -0.122. The van der Waals surface area contributed by atoms with E-state index >= 15 is 0 Å². The normalized spacial score (nSPS) is 20.6. The van der Waals surface area contributed by atoms with Crippen LogP contribution in [0.2, 0.25) is 0 Å². The number of sulfonamides is 1. The SMILES string of the molecule is C=CCN(CC(=O)N[C@H]1CCCC[C@@H]1C)S(=O)(=O)c1ccc(OC)cc1. The van der Waals surface area contributed by atoms with Gasteiger partial charge in [0.1, 0.15) is 5.75 Å². The van der Waals surface area contributed by atoms with E-state index in [0.717, 1.165) is 23.6 Å². The van der Waals surface area contributed by atoms with Gasteiger partial charge in [-0.25, -0.2) is 8.42 Å². The summed E-state index contributed by atoms with van der Waals surface area (Å²) in [6.45, 7) is 5.59. The number of ether oxygens (including phenoxy) is 1. The lowest BCUT2D eigenvalue weighted by atomic mass is 9.86. The molecule has 2 atom stereocenters. The molecule has 0 saturated heterocycles. The maximum absolute atomic E-state index is 12.9. The minimum atomic E-state index is -3.79. The van der Waals surface area contributed by atoms with Crippen LogP contribution in [-0.2, 0) is 14.8 Å². The van der Waals surface area contributed by atoms with Crippen LogP contribution in [0.1, 0.15) is 32.6 Å². The zero-order chi connectivity index (χ0) is 19.2. The number of carbonyl (C=O) groups is 1. The molecule has 0 aliphatic heterocycles. The number of rotatable bonds is 8. The molecule has 0 aromatic heterocycles. The highest BCUT2D eigenvalue weighted by Crippen LogP contribution is 2.24. The molecule has 1 amide bonds. The van der Waals surface area contributed by atoms with Crippen molar-refractivity contribution in [3.05, 3.63) is 36.9 Å². The van der Waals surface area contributed by atoms with Crippen molar-refractivity contribution in [1.29, 1.82) is 0 Å². The van der Waals surface area contributed by atoms with Crippen LogP contribution in [0.4, 0.5) is 0 Å². The molecule has 7 heteroatoms. The summed E-state index contributed by atoms with van der Waals surface area (Å²) in [5, 5.41) is 3.00. The van der Waals surface area contributed by atoms with E-state index in [1.54, 1.807) is 12.1 Å². The highest BCUT2D eigenvalue weighted by molar-refractivity contribution is 7.89. The van der Waals surface area contributed by atoms with E-state index in [-0.39, 0.29) is 29.9 Å². The molecule has 0 bridgehead atoms. The number of carbonyl (C=O) groups excluding carboxylic acids is 1. The Labute approximate surface area is 156 Å². The fraction of sp³-hybridized carbons (Fsp3) is 0.526. The minimum absolute atomic E-state index is 0.0714. The molecule has 1 aromatic carbocycles. The molecule has 1 N–H and O–H groups in total. The van der Waals surface area contributed by atoms with Gasteiger partial charge in [0.15, 0.2) is 0 Å². The van der Waals surface area contributed by atoms with Crippen molar-refractivity contribution < 1.29 is 17.9 Å². The summed E-state index contributed by atoms with van der Waals surface area (Å²) >= 11 is 0. The van der Waals surface area contributed by atoms with E-state index in [4.69, 9.17) is 4.74 Å². The fourth-order valence-electron chi connectivity index (χ4n) is 3.23. The van der Waals surface area contributed by atoms with Crippen molar-refractivity contribution in [2.45, 2.75) is 43.5 Å². The van der Waals surface area contributed by atoms with Crippen LogP contribution in [-0.4, -0.2) is 44.9 Å². The highest BCUT2D eigenvalue weighted by Gasteiger charge is 2.28. The van der Waals surface area contributed by atoms with Crippen LogP contribution >= 0.6 is 0 Å². The average molecular weight is 381 g/mol. The van der Waals surface area contributed by atoms with E-state index in [0.29, 0.717) is 11.7 Å². The first-order chi connectivity index (χ1) is 12.4. The number of amides is 1. The Balaban J connectivity index is 2.10. The maximum Gasteiger partial charge on any atom is 0.243 e. The molecule has 1 aliphatic rings. The monoisotopic (exact) mass is 380 g/mol. The summed E-state index contributed by atoms with van der Waals surface area (Å²) in [5.41, 5.74) is 0. The van der Waals surface area contributed by atoms with Crippen molar-refractivity contribution in [3.8, 4) is 5.75 Å². The molecule has 1 fully saturated rings. The standard InChI is InChI=1S/C19H28N2O4S/c1-4-13-21(14-19(22)20-18-8-6-5-7-15(18)2)26(23,24)17-11-9-16(25-3)10-12-17/h4,9-12,15,18H,1,5-8,13-14H2,2-3H3,(H,20,22)/t15-,18-/m0/s1. The van der Waals surface area contributed by atoms with Crippen molar-refractivity contribution in [2.75, 3.05) is 20.2 Å². The Kier molecular flexibility index (Phi) is 7.23. The predicted molar refractivity (Wildman–Crippen MR) is 102 cm³/mol. The first-order valence-corrected chi connectivity index (χ1v) is 10.4. The Morgan fingerprint density at radius 3 is 2.54 bits per heavy atom. The summed E-state index contributed by atoms with van der Waals surface area (Å²) < 4.78 is 31.9. The van der Waals surface area contributed by atoms with Crippen LogP contribution in [0.5, 0.6) is 5.75 Å². The smallest absolute Gasteiger partial charge is 0.243 e. The molecule has 6 nitrogen and oxygen atoms in total. The van der Waals surface area contributed by atoms with Gasteiger partial charge in [0.25, 0.3) is 0 Å². The van der Waals surface area contributed by atoms with Gasteiger partial charge in [-0.15, -0.1) is 6.58 Å². The largest absolute Gasteiger partial charge is 0.497 e. The van der Waals surface area contributed by atoms with Crippen LogP contribution in [0.25, 0.3) is 0 Å². The lowest BCUT2D eigenvalue weighted by Crippen LogP contribution is -2.47. The van der Waals surface area contributed by atoms with Gasteiger partial charge in [0, 0.05) is 12.6 Å². The number of hydrogen-bond acceptors (Lipinski definition) is 4. The third-order valence-electron chi connectivity index (χ3n) is 4.81. The third-order valence-corrected chi connectivity index (χ3v) is 6.63. The summed E-state index contributed by atoms with van der Waals surface area (Å²) in [5.74, 6) is 0.713. The summed E-state index contributed by atoms with van der Waals surface area (Å²) in [6.07, 6.45) is 5.79. The van der Waals surface area contributed by atoms with Crippen molar-refractivity contribution in [2.24, 2.45) is 5.92 Å². The minimum Gasteiger partial charge on any atom is -0.497 e. The second-order valence-electron chi connectivity index (χ2n) is 6.70. The molecule has 0 unspecified atom stereocenters. The quantitative estimate of drug-likeness (QED) is 0.703. The van der Waals surface area contributed by atoms with Crippen molar-refractivity contribution in [3.63, 3.8) is 0 Å². The van der Waals surface area contributed by atoms with Crippen molar-refractivity contribution >= 4 is 15.9 Å². The number of hydrogen-bond donors (Lipinski definition) is 1. The third kappa shape index (κ3) is 5.08. The molecule has 26 heavy (non-hydrogen) atoms. The number of nitrogens with zero attached hydrogens (tertiary/aromatic N) is 1. The van der Waals surface area contributed by atoms with Gasteiger partial charge in [0.2, 0.25) is 15.9 Å². The van der Waals surface area contributed by atoms with Gasteiger partial charge in [-0.1, -0.05) is 25.8 Å². The molecule has 1 aromatic rings. The first-order valence-electron chi connectivity index (χ1n) is 8.93. The summed E-state index contributed by atoms with van der Waals surface area (Å²) in [4.78, 5) is 12.6.